The molecule has 0 atom stereocenters. The number of nitrogens with zero attached hydrogens (tertiary/aromatic N) is 1. The second-order valence-corrected chi connectivity index (χ2v) is 12.4. The van der Waals surface area contributed by atoms with Crippen LogP contribution >= 0.6 is 11.6 Å². The molecular weight excluding hydrogens is 546 g/mol. The van der Waals surface area contributed by atoms with Gasteiger partial charge in [-0.3, -0.25) is 13.8 Å². The van der Waals surface area contributed by atoms with Crippen molar-refractivity contribution in [2.45, 2.75) is 11.4 Å². The Bertz CT molecular complexity index is 1630. The number of anilines is 3. The van der Waals surface area contributed by atoms with E-state index in [0.29, 0.717) is 33.2 Å². The van der Waals surface area contributed by atoms with E-state index in [0.717, 1.165) is 6.26 Å². The van der Waals surface area contributed by atoms with Gasteiger partial charge in [-0.05, 0) is 78.4 Å². The van der Waals surface area contributed by atoms with Crippen molar-refractivity contribution in [3.63, 3.8) is 0 Å². The minimum absolute atomic E-state index is 0.0312. The summed E-state index contributed by atoms with van der Waals surface area (Å²) in [5.41, 5.74) is 2.40. The topological polar surface area (TPSA) is 113 Å². The zero-order valence-electron chi connectivity index (χ0n) is 20.2. The number of halogens is 1. The lowest BCUT2D eigenvalue weighted by Crippen LogP contribution is -2.29. The third-order valence-corrected chi connectivity index (χ3v) is 8.30. The molecule has 0 aliphatic rings. The van der Waals surface area contributed by atoms with Crippen molar-refractivity contribution >= 4 is 54.6 Å². The molecule has 1 amide bonds. The highest BCUT2D eigenvalue weighted by Gasteiger charge is 2.18. The molecule has 0 aliphatic heterocycles. The Labute approximate surface area is 227 Å². The first-order valence-corrected chi connectivity index (χ1v) is 15.0. The van der Waals surface area contributed by atoms with Crippen LogP contribution in [0.3, 0.4) is 0 Å². The van der Waals surface area contributed by atoms with Crippen molar-refractivity contribution in [2.24, 2.45) is 0 Å². The van der Waals surface area contributed by atoms with E-state index >= 15 is 0 Å². The molecule has 0 aromatic heterocycles. The van der Waals surface area contributed by atoms with Crippen LogP contribution < -0.4 is 14.3 Å². The van der Waals surface area contributed by atoms with Gasteiger partial charge in [0.05, 0.1) is 23.4 Å². The average Bonchev–Trinajstić information content (AvgIpc) is 2.89. The highest BCUT2D eigenvalue weighted by atomic mass is 35.5. The molecule has 0 bridgehead atoms. The molecule has 0 fully saturated rings. The Morgan fingerprint density at radius 2 is 1.34 bits per heavy atom. The molecular formula is C27H24ClN3O5S2. The number of benzene rings is 4. The zero-order valence-corrected chi connectivity index (χ0v) is 22.6. The summed E-state index contributed by atoms with van der Waals surface area (Å²) in [7, 11) is -7.34. The number of hydrogen-bond donors (Lipinski definition) is 2. The first-order chi connectivity index (χ1) is 18.0. The average molecular weight is 570 g/mol. The first kappa shape index (κ1) is 27.2. The normalized spacial score (nSPS) is 11.5. The third kappa shape index (κ3) is 6.91. The molecule has 8 nitrogen and oxygen atoms in total. The van der Waals surface area contributed by atoms with Gasteiger partial charge in [-0.1, -0.05) is 41.9 Å². The lowest BCUT2D eigenvalue weighted by molar-refractivity contribution is 0.102. The van der Waals surface area contributed by atoms with E-state index in [-0.39, 0.29) is 11.4 Å². The van der Waals surface area contributed by atoms with Crippen molar-refractivity contribution in [1.82, 2.24) is 0 Å². The molecule has 4 aromatic rings. The van der Waals surface area contributed by atoms with E-state index < -0.39 is 26.0 Å². The number of carbonyl (C=O) groups is 1. The summed E-state index contributed by atoms with van der Waals surface area (Å²) in [6, 6.07) is 27.4. The van der Waals surface area contributed by atoms with Crippen LogP contribution in [0, 0.1) is 0 Å². The van der Waals surface area contributed by atoms with E-state index in [4.69, 9.17) is 11.6 Å². The van der Waals surface area contributed by atoms with Gasteiger partial charge in [0.25, 0.3) is 15.9 Å². The zero-order chi connectivity index (χ0) is 27.3. The molecule has 0 aliphatic carbocycles. The molecule has 2 N–H and O–H groups in total. The quantitative estimate of drug-likeness (QED) is 0.282. The monoisotopic (exact) mass is 569 g/mol. The van der Waals surface area contributed by atoms with Crippen LogP contribution in [0.25, 0.3) is 0 Å². The highest BCUT2D eigenvalue weighted by molar-refractivity contribution is 7.92. The van der Waals surface area contributed by atoms with Gasteiger partial charge >= 0.3 is 0 Å². The number of para-hydroxylation sites is 1. The predicted octanol–water partition coefficient (Wildman–Crippen LogP) is 5.36. The second-order valence-electron chi connectivity index (χ2n) is 8.39. The highest BCUT2D eigenvalue weighted by Crippen LogP contribution is 2.22. The van der Waals surface area contributed by atoms with E-state index in [1.807, 2.05) is 6.07 Å². The maximum absolute atomic E-state index is 12.7. The summed E-state index contributed by atoms with van der Waals surface area (Å²) in [6.07, 6.45) is 1.14. The SMILES string of the molecule is CS(=O)(=O)N(Cc1ccc(C(=O)Nc2ccc(S(=O)(=O)Nc3ccc(Cl)cc3)cc2)cc1)c1ccccc1. The number of sulfonamides is 2. The van der Waals surface area contributed by atoms with E-state index in [1.165, 1.54) is 28.6 Å². The van der Waals surface area contributed by atoms with E-state index in [2.05, 4.69) is 10.0 Å². The molecule has 0 saturated carbocycles. The van der Waals surface area contributed by atoms with Gasteiger partial charge in [0, 0.05) is 22.0 Å². The van der Waals surface area contributed by atoms with Gasteiger partial charge in [-0.15, -0.1) is 0 Å². The maximum Gasteiger partial charge on any atom is 0.261 e. The summed E-state index contributed by atoms with van der Waals surface area (Å²) >= 11 is 5.83. The maximum atomic E-state index is 12.7. The summed E-state index contributed by atoms with van der Waals surface area (Å²) in [4.78, 5) is 12.8. The van der Waals surface area contributed by atoms with Crippen LogP contribution in [-0.4, -0.2) is 29.0 Å². The third-order valence-electron chi connectivity index (χ3n) is 5.51. The molecule has 0 saturated heterocycles. The summed E-state index contributed by atoms with van der Waals surface area (Å²) in [5.74, 6) is -0.394. The summed E-state index contributed by atoms with van der Waals surface area (Å²) in [5, 5.41) is 3.22. The molecule has 0 unspecified atom stereocenters. The fraction of sp³-hybridized carbons (Fsp3) is 0.0741. The van der Waals surface area contributed by atoms with E-state index in [9.17, 15) is 21.6 Å². The number of rotatable bonds is 9. The molecule has 196 valence electrons. The van der Waals surface area contributed by atoms with Crippen molar-refractivity contribution in [2.75, 3.05) is 20.6 Å². The van der Waals surface area contributed by atoms with Gasteiger partial charge < -0.3 is 5.32 Å². The first-order valence-electron chi connectivity index (χ1n) is 11.3. The lowest BCUT2D eigenvalue weighted by atomic mass is 10.1. The molecule has 4 aromatic carbocycles. The molecule has 0 radical (unpaired) electrons. The lowest BCUT2D eigenvalue weighted by Gasteiger charge is -2.22. The van der Waals surface area contributed by atoms with Crippen molar-refractivity contribution in [3.8, 4) is 0 Å². The predicted molar refractivity (Wildman–Crippen MR) is 151 cm³/mol. The molecule has 0 spiro atoms. The van der Waals surface area contributed by atoms with Crippen LogP contribution in [0.1, 0.15) is 15.9 Å². The van der Waals surface area contributed by atoms with Crippen LogP contribution in [0.15, 0.2) is 108 Å². The Balaban J connectivity index is 1.41. The Hall–Kier alpha value is -3.86. The van der Waals surface area contributed by atoms with Crippen molar-refractivity contribution in [1.29, 1.82) is 0 Å². The Kier molecular flexibility index (Phi) is 8.05. The van der Waals surface area contributed by atoms with Crippen LogP contribution in [0.5, 0.6) is 0 Å². The Morgan fingerprint density at radius 3 is 1.92 bits per heavy atom. The second kappa shape index (κ2) is 11.3. The molecule has 4 rings (SSSR count). The van der Waals surface area contributed by atoms with Crippen LogP contribution in [0.4, 0.5) is 17.1 Å². The van der Waals surface area contributed by atoms with Gasteiger partial charge in [0.15, 0.2) is 0 Å². The molecule has 11 heteroatoms. The number of nitrogens with one attached hydrogen (secondary N) is 2. The largest absolute Gasteiger partial charge is 0.322 e. The molecule has 0 heterocycles. The van der Waals surface area contributed by atoms with Gasteiger partial charge in [-0.25, -0.2) is 16.8 Å². The molecule has 38 heavy (non-hydrogen) atoms. The van der Waals surface area contributed by atoms with Gasteiger partial charge in [0.2, 0.25) is 10.0 Å². The minimum Gasteiger partial charge on any atom is -0.322 e. The number of hydrogen-bond acceptors (Lipinski definition) is 5. The number of amides is 1. The Morgan fingerprint density at radius 1 is 0.763 bits per heavy atom. The van der Waals surface area contributed by atoms with Gasteiger partial charge in [0.1, 0.15) is 0 Å². The fourth-order valence-electron chi connectivity index (χ4n) is 3.57. The summed E-state index contributed by atoms with van der Waals surface area (Å²) < 4.78 is 53.7. The summed E-state index contributed by atoms with van der Waals surface area (Å²) in [6.45, 7) is 0.116. The van der Waals surface area contributed by atoms with Crippen molar-refractivity contribution in [3.05, 3.63) is 119 Å². The van der Waals surface area contributed by atoms with Crippen LogP contribution in [-0.2, 0) is 26.6 Å². The van der Waals surface area contributed by atoms with E-state index in [1.54, 1.807) is 72.8 Å². The van der Waals surface area contributed by atoms with Crippen molar-refractivity contribution < 1.29 is 21.6 Å². The standard InChI is InChI=1S/C27H24ClN3O5S2/c1-37(33,34)31(25-5-3-2-4-6-25)19-20-7-9-21(10-8-20)27(32)29-23-15-17-26(18-16-23)38(35,36)30-24-13-11-22(28)12-14-24/h2-18,30H,19H2,1H3,(H,29,32). The minimum atomic E-state index is -3.82. The van der Waals surface area contributed by atoms with Gasteiger partial charge in [-0.2, -0.15) is 0 Å². The van der Waals surface area contributed by atoms with Crippen LogP contribution in [0.2, 0.25) is 5.02 Å². The fourth-order valence-corrected chi connectivity index (χ4v) is 5.65. The number of carbonyl (C=O) groups excluding carboxylic acids is 1. The smallest absolute Gasteiger partial charge is 0.261 e.